The van der Waals surface area contributed by atoms with E-state index in [1.165, 1.54) is 6.21 Å². The van der Waals surface area contributed by atoms with Crippen LogP contribution in [0.1, 0.15) is 29.4 Å². The predicted octanol–water partition coefficient (Wildman–Crippen LogP) is 3.65. The second-order valence-electron chi connectivity index (χ2n) is 6.33. The van der Waals surface area contributed by atoms with Gasteiger partial charge in [0.25, 0.3) is 5.91 Å². The van der Waals surface area contributed by atoms with Gasteiger partial charge in [0.15, 0.2) is 11.5 Å². The number of para-hydroxylation sites is 1. The van der Waals surface area contributed by atoms with Gasteiger partial charge in [-0.25, -0.2) is 5.43 Å². The normalized spacial score (nSPS) is 10.8. The molecule has 0 aliphatic carbocycles. The lowest BCUT2D eigenvalue weighted by Crippen LogP contribution is -2.18. The first kappa shape index (κ1) is 20.9. The predicted molar refractivity (Wildman–Crippen MR) is 114 cm³/mol. The summed E-state index contributed by atoms with van der Waals surface area (Å²) < 4.78 is 16.2. The molecule has 2 aromatic carbocycles. The highest BCUT2D eigenvalue weighted by molar-refractivity contribution is 5.94. The molecule has 1 heterocycles. The topological polar surface area (TPSA) is 97.8 Å². The Labute approximate surface area is 174 Å². The van der Waals surface area contributed by atoms with E-state index >= 15 is 0 Å². The number of nitrogens with zero attached hydrogens (tertiary/aromatic N) is 2. The molecule has 1 aromatic heterocycles. The van der Waals surface area contributed by atoms with Crippen molar-refractivity contribution in [3.05, 3.63) is 59.8 Å². The molecular weight excluding hydrogens is 384 g/mol. The minimum atomic E-state index is -0.405. The molecule has 0 bridgehead atoms. The van der Waals surface area contributed by atoms with E-state index in [9.17, 15) is 4.79 Å². The van der Waals surface area contributed by atoms with Crippen molar-refractivity contribution in [3.8, 4) is 28.5 Å². The Bertz CT molecular complexity index is 1030. The van der Waals surface area contributed by atoms with Crippen molar-refractivity contribution in [2.45, 2.75) is 13.3 Å². The van der Waals surface area contributed by atoms with Crippen LogP contribution in [0.4, 0.5) is 0 Å². The van der Waals surface area contributed by atoms with E-state index in [0.29, 0.717) is 29.5 Å². The zero-order valence-corrected chi connectivity index (χ0v) is 17.1. The second kappa shape index (κ2) is 10.1. The van der Waals surface area contributed by atoms with Crippen molar-refractivity contribution < 1.29 is 19.0 Å². The number of carbonyl (C=O) groups is 1. The maximum atomic E-state index is 12.4. The maximum Gasteiger partial charge on any atom is 0.289 e. The van der Waals surface area contributed by atoms with Gasteiger partial charge in [-0.05, 0) is 48.4 Å². The zero-order valence-electron chi connectivity index (χ0n) is 17.1. The van der Waals surface area contributed by atoms with E-state index in [1.807, 2.05) is 31.2 Å². The van der Waals surface area contributed by atoms with Gasteiger partial charge in [0.05, 0.1) is 32.7 Å². The molecule has 3 aromatic rings. The highest BCUT2D eigenvalue weighted by Gasteiger charge is 2.13. The molecule has 0 unspecified atom stereocenters. The van der Waals surface area contributed by atoms with Gasteiger partial charge in [-0.15, -0.1) is 0 Å². The largest absolute Gasteiger partial charge is 0.493 e. The first-order valence-corrected chi connectivity index (χ1v) is 9.49. The van der Waals surface area contributed by atoms with Crippen molar-refractivity contribution in [2.75, 3.05) is 20.8 Å². The van der Waals surface area contributed by atoms with Gasteiger partial charge < -0.3 is 14.2 Å². The summed E-state index contributed by atoms with van der Waals surface area (Å²) in [6.07, 6.45) is 2.42. The molecule has 3 rings (SSSR count). The molecule has 8 heteroatoms. The third-order valence-corrected chi connectivity index (χ3v) is 4.23. The van der Waals surface area contributed by atoms with Crippen LogP contribution in [-0.2, 0) is 0 Å². The Morgan fingerprint density at radius 1 is 1.10 bits per heavy atom. The molecule has 0 atom stereocenters. The molecule has 30 heavy (non-hydrogen) atoms. The number of methoxy groups -OCH3 is 2. The summed E-state index contributed by atoms with van der Waals surface area (Å²) in [5.74, 6) is 1.52. The Kier molecular flexibility index (Phi) is 7.05. The number of ether oxygens (including phenoxy) is 3. The van der Waals surface area contributed by atoms with Crippen LogP contribution in [0.5, 0.6) is 17.2 Å². The van der Waals surface area contributed by atoms with E-state index < -0.39 is 5.91 Å². The highest BCUT2D eigenvalue weighted by atomic mass is 16.5. The van der Waals surface area contributed by atoms with Gasteiger partial charge in [0.2, 0.25) is 0 Å². The summed E-state index contributed by atoms with van der Waals surface area (Å²) >= 11 is 0. The molecule has 0 spiro atoms. The van der Waals surface area contributed by atoms with Gasteiger partial charge in [0.1, 0.15) is 11.4 Å². The number of nitrogens with one attached hydrogen (secondary N) is 2. The van der Waals surface area contributed by atoms with Crippen molar-refractivity contribution in [3.63, 3.8) is 0 Å². The minimum absolute atomic E-state index is 0.291. The first-order chi connectivity index (χ1) is 14.7. The van der Waals surface area contributed by atoms with E-state index in [2.05, 4.69) is 20.7 Å². The first-order valence-electron chi connectivity index (χ1n) is 9.49. The third kappa shape index (κ3) is 4.96. The fourth-order valence-corrected chi connectivity index (χ4v) is 2.75. The van der Waals surface area contributed by atoms with Gasteiger partial charge in [0, 0.05) is 5.56 Å². The second-order valence-corrected chi connectivity index (χ2v) is 6.33. The smallest absolute Gasteiger partial charge is 0.289 e. The molecule has 156 valence electrons. The number of benzene rings is 2. The Balaban J connectivity index is 1.68. The van der Waals surface area contributed by atoms with Crippen molar-refractivity contribution >= 4 is 12.1 Å². The van der Waals surface area contributed by atoms with Crippen molar-refractivity contribution in [1.82, 2.24) is 15.6 Å². The van der Waals surface area contributed by atoms with Gasteiger partial charge in [-0.2, -0.15) is 10.2 Å². The summed E-state index contributed by atoms with van der Waals surface area (Å²) in [5, 5.41) is 11.0. The number of rotatable bonds is 9. The molecule has 1 amide bonds. The average Bonchev–Trinajstić information content (AvgIpc) is 3.28. The van der Waals surface area contributed by atoms with Crippen LogP contribution in [-0.4, -0.2) is 43.1 Å². The van der Waals surface area contributed by atoms with Crippen molar-refractivity contribution in [2.24, 2.45) is 5.10 Å². The molecule has 0 fully saturated rings. The molecule has 0 saturated carbocycles. The monoisotopic (exact) mass is 408 g/mol. The van der Waals surface area contributed by atoms with Crippen LogP contribution in [0, 0.1) is 0 Å². The lowest BCUT2D eigenvalue weighted by Gasteiger charge is -2.08. The van der Waals surface area contributed by atoms with Gasteiger partial charge in [-0.3, -0.25) is 9.89 Å². The van der Waals surface area contributed by atoms with Crippen LogP contribution < -0.4 is 19.6 Å². The Morgan fingerprint density at radius 2 is 1.90 bits per heavy atom. The SMILES string of the molecule is CCCOc1ccccc1-c1cc(C(=O)N/N=C\c2ccc(OC)c(OC)c2)[nH]n1. The van der Waals surface area contributed by atoms with Gasteiger partial charge >= 0.3 is 0 Å². The number of hydrazone groups is 1. The third-order valence-electron chi connectivity index (χ3n) is 4.23. The molecule has 0 aliphatic heterocycles. The van der Waals surface area contributed by atoms with Crippen LogP contribution in [0.3, 0.4) is 0 Å². The zero-order chi connectivity index (χ0) is 21.3. The lowest BCUT2D eigenvalue weighted by molar-refractivity contribution is 0.0950. The van der Waals surface area contributed by atoms with E-state index in [1.54, 1.807) is 38.5 Å². The summed E-state index contributed by atoms with van der Waals surface area (Å²) in [6.45, 7) is 2.65. The van der Waals surface area contributed by atoms with Crippen LogP contribution >= 0.6 is 0 Å². The number of aromatic amines is 1. The fourth-order valence-electron chi connectivity index (χ4n) is 2.75. The van der Waals surface area contributed by atoms with Crippen LogP contribution in [0.2, 0.25) is 0 Å². The van der Waals surface area contributed by atoms with E-state index in [0.717, 1.165) is 23.3 Å². The highest BCUT2D eigenvalue weighted by Crippen LogP contribution is 2.29. The summed E-state index contributed by atoms with van der Waals surface area (Å²) in [5.41, 5.74) is 4.96. The molecule has 0 radical (unpaired) electrons. The standard InChI is InChI=1S/C22H24N4O4/c1-4-11-30-19-8-6-5-7-16(19)17-13-18(25-24-17)22(27)26-23-14-15-9-10-20(28-2)21(12-15)29-3/h5-10,12-14H,4,11H2,1-3H3,(H,24,25)(H,26,27)/b23-14-. The van der Waals surface area contributed by atoms with Gasteiger partial charge in [-0.1, -0.05) is 19.1 Å². The quantitative estimate of drug-likeness (QED) is 0.416. The number of hydrogen-bond donors (Lipinski definition) is 2. The maximum absolute atomic E-state index is 12.4. The summed E-state index contributed by atoms with van der Waals surface area (Å²) in [4.78, 5) is 12.4. The van der Waals surface area contributed by atoms with Crippen molar-refractivity contribution in [1.29, 1.82) is 0 Å². The van der Waals surface area contributed by atoms with E-state index in [4.69, 9.17) is 14.2 Å². The van der Waals surface area contributed by atoms with Crippen LogP contribution in [0.15, 0.2) is 53.6 Å². The number of amides is 1. The summed E-state index contributed by atoms with van der Waals surface area (Å²) in [7, 11) is 3.13. The number of aromatic nitrogens is 2. The molecule has 0 saturated heterocycles. The average molecular weight is 408 g/mol. The Morgan fingerprint density at radius 3 is 2.67 bits per heavy atom. The van der Waals surface area contributed by atoms with Crippen LogP contribution in [0.25, 0.3) is 11.3 Å². The molecule has 0 aliphatic rings. The number of hydrogen-bond acceptors (Lipinski definition) is 6. The Hall–Kier alpha value is -3.81. The number of H-pyrrole nitrogens is 1. The minimum Gasteiger partial charge on any atom is -0.493 e. The fraction of sp³-hybridized carbons (Fsp3) is 0.227. The van der Waals surface area contributed by atoms with E-state index in [-0.39, 0.29) is 0 Å². The summed E-state index contributed by atoms with van der Waals surface area (Å²) in [6, 6.07) is 14.6. The molecule has 2 N–H and O–H groups in total. The number of carbonyl (C=O) groups excluding carboxylic acids is 1. The molecule has 8 nitrogen and oxygen atoms in total. The molecular formula is C22H24N4O4. The lowest BCUT2D eigenvalue weighted by atomic mass is 10.1.